The highest BCUT2D eigenvalue weighted by molar-refractivity contribution is 5.21. The Balaban J connectivity index is 1.39. The number of benzene rings is 2. The summed E-state index contributed by atoms with van der Waals surface area (Å²) in [7, 11) is 0. The van der Waals surface area contributed by atoms with E-state index < -0.39 is 35.5 Å². The van der Waals surface area contributed by atoms with Crippen LogP contribution in [0.1, 0.15) is 37.8 Å². The molecule has 1 aliphatic carbocycles. The average molecular weight is 427 g/mol. The predicted octanol–water partition coefficient (Wildman–Crippen LogP) is 3.56. The first kappa shape index (κ1) is 21.1. The summed E-state index contributed by atoms with van der Waals surface area (Å²) in [6.07, 6.45) is -0.307. The van der Waals surface area contributed by atoms with Crippen LogP contribution in [0.3, 0.4) is 0 Å². The van der Waals surface area contributed by atoms with Gasteiger partial charge in [-0.2, -0.15) is 0 Å². The molecule has 2 aromatic rings. The molecule has 0 spiro atoms. The van der Waals surface area contributed by atoms with Gasteiger partial charge < -0.3 is 28.8 Å². The average Bonchev–Trinajstić information content (AvgIpc) is 3.36. The van der Waals surface area contributed by atoms with E-state index in [2.05, 4.69) is 0 Å². The maximum absolute atomic E-state index is 11.3. The maximum atomic E-state index is 11.3. The minimum absolute atomic E-state index is 0.192. The first-order valence-electron chi connectivity index (χ1n) is 10.9. The van der Waals surface area contributed by atoms with Gasteiger partial charge in [0.15, 0.2) is 17.7 Å². The summed E-state index contributed by atoms with van der Waals surface area (Å²) in [4.78, 5) is 0. The number of ether oxygens (including phenoxy) is 5. The Morgan fingerprint density at radius 3 is 2.10 bits per heavy atom. The van der Waals surface area contributed by atoms with Crippen LogP contribution in [0.2, 0.25) is 0 Å². The van der Waals surface area contributed by atoms with Gasteiger partial charge in [0.2, 0.25) is 0 Å². The number of hydrogen-bond acceptors (Lipinski definition) is 6. The van der Waals surface area contributed by atoms with Crippen LogP contribution in [0.25, 0.3) is 0 Å². The highest BCUT2D eigenvalue weighted by atomic mass is 16.8. The second-order valence-corrected chi connectivity index (χ2v) is 9.20. The lowest BCUT2D eigenvalue weighted by molar-refractivity contribution is -0.280. The van der Waals surface area contributed by atoms with Crippen LogP contribution in [0.15, 0.2) is 60.7 Å². The summed E-state index contributed by atoms with van der Waals surface area (Å²) in [5, 5.41) is 11.3. The van der Waals surface area contributed by atoms with Crippen LogP contribution in [-0.2, 0) is 36.9 Å². The third-order valence-electron chi connectivity index (χ3n) is 6.38. The molecule has 1 saturated carbocycles. The summed E-state index contributed by atoms with van der Waals surface area (Å²) in [5.41, 5.74) is 0.0364. The summed E-state index contributed by atoms with van der Waals surface area (Å²) in [6.45, 7) is 4.73. The Labute approximate surface area is 183 Å². The van der Waals surface area contributed by atoms with Crippen molar-refractivity contribution >= 4 is 0 Å². The highest BCUT2D eigenvalue weighted by Crippen LogP contribution is 2.56. The Bertz CT molecular complexity index is 881. The predicted molar refractivity (Wildman–Crippen MR) is 113 cm³/mol. The Kier molecular flexibility index (Phi) is 5.41. The SMILES string of the molecule is CC1(C)OC2O[C@](COCc3ccccc3)(C3(O)CC3)C(OCc3ccccc3)C2O1. The molecule has 6 heteroatoms. The van der Waals surface area contributed by atoms with E-state index in [0.29, 0.717) is 26.1 Å². The van der Waals surface area contributed by atoms with Crippen molar-refractivity contribution in [1.82, 2.24) is 0 Å². The van der Waals surface area contributed by atoms with E-state index in [0.717, 1.165) is 11.1 Å². The van der Waals surface area contributed by atoms with Crippen LogP contribution in [-0.4, -0.2) is 47.2 Å². The van der Waals surface area contributed by atoms with Gasteiger partial charge >= 0.3 is 0 Å². The van der Waals surface area contributed by atoms with E-state index in [4.69, 9.17) is 23.7 Å². The molecular weight excluding hydrogens is 396 g/mol. The van der Waals surface area contributed by atoms with E-state index >= 15 is 0 Å². The van der Waals surface area contributed by atoms with Crippen LogP contribution in [0, 0.1) is 0 Å². The topological polar surface area (TPSA) is 66.4 Å². The van der Waals surface area contributed by atoms with Crippen LogP contribution in [0.4, 0.5) is 0 Å². The highest BCUT2D eigenvalue weighted by Gasteiger charge is 2.73. The molecule has 2 aliphatic heterocycles. The number of hydrogen-bond donors (Lipinski definition) is 1. The maximum Gasteiger partial charge on any atom is 0.190 e. The van der Waals surface area contributed by atoms with Crippen molar-refractivity contribution in [3.05, 3.63) is 71.8 Å². The largest absolute Gasteiger partial charge is 0.387 e. The van der Waals surface area contributed by atoms with Crippen molar-refractivity contribution in [3.63, 3.8) is 0 Å². The van der Waals surface area contributed by atoms with E-state index in [-0.39, 0.29) is 6.61 Å². The Morgan fingerprint density at radius 2 is 1.48 bits per heavy atom. The normalized spacial score (nSPS) is 32.7. The summed E-state index contributed by atoms with van der Waals surface area (Å²) in [6, 6.07) is 19.9. The molecule has 4 atom stereocenters. The van der Waals surface area contributed by atoms with Gasteiger partial charge in [0.25, 0.3) is 0 Å². The molecule has 2 aromatic carbocycles. The molecule has 0 aromatic heterocycles. The van der Waals surface area contributed by atoms with Crippen LogP contribution < -0.4 is 0 Å². The Morgan fingerprint density at radius 1 is 0.871 bits per heavy atom. The molecular formula is C25H30O6. The summed E-state index contributed by atoms with van der Waals surface area (Å²) in [5.74, 6) is -0.771. The monoisotopic (exact) mass is 426 g/mol. The fourth-order valence-corrected chi connectivity index (χ4v) is 4.64. The molecule has 0 bridgehead atoms. The van der Waals surface area contributed by atoms with Gasteiger partial charge in [-0.15, -0.1) is 0 Å². The number of fused-ring (bicyclic) bond motifs is 1. The number of rotatable bonds is 8. The van der Waals surface area contributed by atoms with Crippen molar-refractivity contribution < 1.29 is 28.8 Å². The molecule has 0 radical (unpaired) electrons. The molecule has 3 fully saturated rings. The number of aliphatic hydroxyl groups is 1. The molecule has 166 valence electrons. The quantitative estimate of drug-likeness (QED) is 0.696. The standard InChI is InChI=1S/C25H30O6/c1-23(2)29-20-21(28-16-19-11-7-4-8-12-19)25(24(26)13-14-24,31-22(20)30-23)17-27-15-18-9-5-3-6-10-18/h3-12,20-22,26H,13-17H2,1-2H3/t20?,21?,22?,25-/m0/s1. The lowest BCUT2D eigenvalue weighted by Crippen LogP contribution is -2.59. The van der Waals surface area contributed by atoms with Crippen molar-refractivity contribution in [1.29, 1.82) is 0 Å². The molecule has 2 heterocycles. The molecule has 5 rings (SSSR count). The van der Waals surface area contributed by atoms with Gasteiger partial charge in [-0.3, -0.25) is 0 Å². The third kappa shape index (κ3) is 4.04. The fourth-order valence-electron chi connectivity index (χ4n) is 4.64. The zero-order chi connectivity index (χ0) is 21.5. The Hall–Kier alpha value is -1.80. The fraction of sp³-hybridized carbons (Fsp3) is 0.520. The first-order valence-corrected chi connectivity index (χ1v) is 10.9. The summed E-state index contributed by atoms with van der Waals surface area (Å²) < 4.78 is 31.1. The lowest BCUT2D eigenvalue weighted by atomic mass is 9.87. The van der Waals surface area contributed by atoms with E-state index in [1.807, 2.05) is 74.5 Å². The van der Waals surface area contributed by atoms with E-state index in [9.17, 15) is 5.11 Å². The molecule has 3 unspecified atom stereocenters. The first-order chi connectivity index (χ1) is 14.9. The van der Waals surface area contributed by atoms with Crippen molar-refractivity contribution in [2.24, 2.45) is 0 Å². The van der Waals surface area contributed by atoms with Crippen LogP contribution in [0.5, 0.6) is 0 Å². The van der Waals surface area contributed by atoms with Gasteiger partial charge in [-0.25, -0.2) is 0 Å². The lowest BCUT2D eigenvalue weighted by Gasteiger charge is -2.40. The third-order valence-corrected chi connectivity index (χ3v) is 6.38. The second kappa shape index (κ2) is 7.96. The van der Waals surface area contributed by atoms with Gasteiger partial charge in [0, 0.05) is 0 Å². The second-order valence-electron chi connectivity index (χ2n) is 9.20. The minimum Gasteiger partial charge on any atom is -0.387 e. The molecule has 0 amide bonds. The minimum atomic E-state index is -1.05. The molecule has 6 nitrogen and oxygen atoms in total. The van der Waals surface area contributed by atoms with E-state index in [1.165, 1.54) is 0 Å². The van der Waals surface area contributed by atoms with E-state index in [1.54, 1.807) is 0 Å². The van der Waals surface area contributed by atoms with Crippen molar-refractivity contribution in [3.8, 4) is 0 Å². The molecule has 2 saturated heterocycles. The van der Waals surface area contributed by atoms with Crippen LogP contribution >= 0.6 is 0 Å². The molecule has 3 aliphatic rings. The van der Waals surface area contributed by atoms with Gasteiger partial charge in [0.05, 0.1) is 25.4 Å². The van der Waals surface area contributed by atoms with Gasteiger partial charge in [0.1, 0.15) is 12.2 Å². The van der Waals surface area contributed by atoms with Crippen molar-refractivity contribution in [2.75, 3.05) is 6.61 Å². The smallest absolute Gasteiger partial charge is 0.190 e. The van der Waals surface area contributed by atoms with Gasteiger partial charge in [-0.05, 0) is 37.8 Å². The molecule has 1 N–H and O–H groups in total. The summed E-state index contributed by atoms with van der Waals surface area (Å²) >= 11 is 0. The zero-order valence-electron chi connectivity index (χ0n) is 18.0. The van der Waals surface area contributed by atoms with Gasteiger partial charge in [-0.1, -0.05) is 60.7 Å². The van der Waals surface area contributed by atoms with Crippen molar-refractivity contribution in [2.45, 2.75) is 75.4 Å². The molecule has 31 heavy (non-hydrogen) atoms. The zero-order valence-corrected chi connectivity index (χ0v) is 18.0.